The smallest absolute Gasteiger partial charge is 0.307 e. The maximum Gasteiger partial charge on any atom is 0.307 e. The van der Waals surface area contributed by atoms with Crippen LogP contribution >= 0.6 is 0 Å². The number of carbonyl (C=O) groups is 1. The summed E-state index contributed by atoms with van der Waals surface area (Å²) < 4.78 is 4.60. The summed E-state index contributed by atoms with van der Waals surface area (Å²) in [7, 11) is 1.38. The lowest BCUT2D eigenvalue weighted by Crippen LogP contribution is -2.16. The summed E-state index contributed by atoms with van der Waals surface area (Å²) in [6.07, 6.45) is 1.34. The van der Waals surface area contributed by atoms with Gasteiger partial charge in [0.25, 0.3) is 0 Å². The molecule has 17 heavy (non-hydrogen) atoms. The molecule has 1 rings (SSSR count). The van der Waals surface area contributed by atoms with Crippen LogP contribution in [-0.2, 0) is 9.53 Å². The first-order valence-electron chi connectivity index (χ1n) is 6.00. The Morgan fingerprint density at radius 1 is 1.29 bits per heavy atom. The van der Waals surface area contributed by atoms with Gasteiger partial charge >= 0.3 is 5.97 Å². The lowest BCUT2D eigenvalue weighted by molar-refractivity contribution is -0.141. The summed E-state index contributed by atoms with van der Waals surface area (Å²) in [6, 6.07) is 7.87. The summed E-state index contributed by atoms with van der Waals surface area (Å²) in [6.45, 7) is 4.37. The molecule has 2 N–H and O–H groups in total. The Hall–Kier alpha value is -1.35. The average Bonchev–Trinajstić information content (AvgIpc) is 2.37. The zero-order chi connectivity index (χ0) is 12.8. The molecular formula is C14H21NO2. The van der Waals surface area contributed by atoms with Crippen molar-refractivity contribution < 1.29 is 9.53 Å². The highest BCUT2D eigenvalue weighted by atomic mass is 16.5. The van der Waals surface area contributed by atoms with E-state index in [9.17, 15) is 4.79 Å². The molecule has 0 fully saturated rings. The van der Waals surface area contributed by atoms with Gasteiger partial charge in [0.2, 0.25) is 0 Å². The van der Waals surface area contributed by atoms with E-state index in [1.54, 1.807) is 0 Å². The Morgan fingerprint density at radius 2 is 1.82 bits per heavy atom. The molecule has 0 aliphatic carbocycles. The van der Waals surface area contributed by atoms with Crippen molar-refractivity contribution in [1.82, 2.24) is 0 Å². The van der Waals surface area contributed by atoms with Gasteiger partial charge in [-0.1, -0.05) is 38.1 Å². The first kappa shape index (κ1) is 13.7. The first-order chi connectivity index (χ1) is 8.08. The van der Waals surface area contributed by atoms with Crippen molar-refractivity contribution >= 4 is 5.97 Å². The summed E-state index contributed by atoms with van der Waals surface area (Å²) >= 11 is 0. The Bertz CT molecular complexity index is 359. The number of hydrogen-bond donors (Lipinski definition) is 1. The molecule has 2 unspecified atom stereocenters. The zero-order valence-electron chi connectivity index (χ0n) is 10.8. The third-order valence-electron chi connectivity index (χ3n) is 3.16. The van der Waals surface area contributed by atoms with Crippen LogP contribution in [0.5, 0.6) is 0 Å². The molecule has 0 aromatic heterocycles. The fourth-order valence-corrected chi connectivity index (χ4v) is 1.69. The van der Waals surface area contributed by atoms with Crippen LogP contribution in [-0.4, -0.2) is 13.1 Å². The van der Waals surface area contributed by atoms with Crippen molar-refractivity contribution in [3.8, 4) is 0 Å². The van der Waals surface area contributed by atoms with Gasteiger partial charge in [0.1, 0.15) is 0 Å². The second kappa shape index (κ2) is 6.40. The van der Waals surface area contributed by atoms with Crippen molar-refractivity contribution in [2.75, 3.05) is 7.11 Å². The second-order valence-electron chi connectivity index (χ2n) is 4.36. The molecule has 0 saturated heterocycles. The molecule has 3 nitrogen and oxygen atoms in total. The van der Waals surface area contributed by atoms with Gasteiger partial charge < -0.3 is 10.5 Å². The lowest BCUT2D eigenvalue weighted by Gasteiger charge is -2.13. The minimum atomic E-state index is -0.284. The largest absolute Gasteiger partial charge is 0.469 e. The topological polar surface area (TPSA) is 52.3 Å². The predicted octanol–water partition coefficient (Wildman–Crippen LogP) is 2.76. The minimum Gasteiger partial charge on any atom is -0.469 e. The molecule has 94 valence electrons. The lowest BCUT2D eigenvalue weighted by atomic mass is 9.95. The number of rotatable bonds is 5. The van der Waals surface area contributed by atoms with Crippen molar-refractivity contribution in [3.63, 3.8) is 0 Å². The maximum atomic E-state index is 11.1. The maximum absolute atomic E-state index is 11.1. The van der Waals surface area contributed by atoms with E-state index >= 15 is 0 Å². The Labute approximate surface area is 103 Å². The summed E-state index contributed by atoms with van der Waals surface area (Å²) in [5.74, 6) is 0.282. The van der Waals surface area contributed by atoms with E-state index in [0.717, 1.165) is 12.0 Å². The van der Waals surface area contributed by atoms with Gasteiger partial charge in [-0.05, 0) is 23.5 Å². The van der Waals surface area contributed by atoms with Gasteiger partial charge in [-0.3, -0.25) is 4.79 Å². The number of hydrogen-bond acceptors (Lipinski definition) is 3. The number of ether oxygens (including phenoxy) is 1. The van der Waals surface area contributed by atoms with Crippen molar-refractivity contribution in [2.24, 2.45) is 5.73 Å². The number of benzene rings is 1. The third-order valence-corrected chi connectivity index (χ3v) is 3.16. The van der Waals surface area contributed by atoms with E-state index in [2.05, 4.69) is 30.7 Å². The van der Waals surface area contributed by atoms with E-state index < -0.39 is 0 Å². The van der Waals surface area contributed by atoms with E-state index in [1.807, 2.05) is 12.1 Å². The molecule has 1 aromatic rings. The molecular weight excluding hydrogens is 214 g/mol. The van der Waals surface area contributed by atoms with E-state index in [4.69, 9.17) is 5.73 Å². The zero-order valence-corrected chi connectivity index (χ0v) is 10.8. The molecule has 2 atom stereocenters. The molecule has 0 radical (unpaired) electrons. The van der Waals surface area contributed by atoms with Crippen LogP contribution in [0, 0.1) is 0 Å². The van der Waals surface area contributed by atoms with E-state index in [-0.39, 0.29) is 18.4 Å². The predicted molar refractivity (Wildman–Crippen MR) is 68.7 cm³/mol. The number of methoxy groups -OCH3 is 1. The van der Waals surface area contributed by atoms with Gasteiger partial charge in [-0.15, -0.1) is 0 Å². The van der Waals surface area contributed by atoms with Crippen LogP contribution in [0.25, 0.3) is 0 Å². The summed E-state index contributed by atoms with van der Waals surface area (Å²) in [5, 5.41) is 0. The van der Waals surface area contributed by atoms with Crippen molar-refractivity contribution in [3.05, 3.63) is 35.4 Å². The molecule has 0 aliphatic rings. The molecule has 0 heterocycles. The van der Waals surface area contributed by atoms with Gasteiger partial charge in [-0.2, -0.15) is 0 Å². The normalized spacial score (nSPS) is 14.1. The molecule has 0 bridgehead atoms. The van der Waals surface area contributed by atoms with Crippen LogP contribution in [0.4, 0.5) is 0 Å². The van der Waals surface area contributed by atoms with Gasteiger partial charge in [0.15, 0.2) is 0 Å². The van der Waals surface area contributed by atoms with Crippen molar-refractivity contribution in [2.45, 2.75) is 38.6 Å². The third kappa shape index (κ3) is 3.86. The molecule has 0 amide bonds. The number of carbonyl (C=O) groups excluding carboxylic acids is 1. The number of esters is 1. The Kier molecular flexibility index (Phi) is 5.16. The van der Waals surface area contributed by atoms with Gasteiger partial charge in [-0.25, -0.2) is 0 Å². The molecule has 0 saturated carbocycles. The van der Waals surface area contributed by atoms with Crippen LogP contribution in [0.1, 0.15) is 49.8 Å². The minimum absolute atomic E-state index is 0.221. The fraction of sp³-hybridized carbons (Fsp3) is 0.500. The van der Waals surface area contributed by atoms with Crippen LogP contribution in [0.15, 0.2) is 24.3 Å². The van der Waals surface area contributed by atoms with E-state index in [0.29, 0.717) is 5.92 Å². The highest BCUT2D eigenvalue weighted by molar-refractivity contribution is 5.70. The van der Waals surface area contributed by atoms with E-state index in [1.165, 1.54) is 12.7 Å². The summed E-state index contributed by atoms with van der Waals surface area (Å²) in [5.41, 5.74) is 8.21. The van der Waals surface area contributed by atoms with Crippen molar-refractivity contribution in [1.29, 1.82) is 0 Å². The Morgan fingerprint density at radius 3 is 2.29 bits per heavy atom. The standard InChI is InChI=1S/C14H21NO2/c1-4-10(2)11-5-7-12(8-6-11)13(15)9-14(16)17-3/h5-8,10,13H,4,9,15H2,1-3H3. The quantitative estimate of drug-likeness (QED) is 0.798. The van der Waals surface area contributed by atoms with Gasteiger partial charge in [0.05, 0.1) is 13.5 Å². The average molecular weight is 235 g/mol. The molecule has 1 aromatic carbocycles. The molecule has 3 heteroatoms. The van der Waals surface area contributed by atoms with Gasteiger partial charge in [0, 0.05) is 6.04 Å². The monoisotopic (exact) mass is 235 g/mol. The van der Waals surface area contributed by atoms with Crippen LogP contribution in [0.3, 0.4) is 0 Å². The summed E-state index contributed by atoms with van der Waals surface area (Å²) in [4.78, 5) is 11.1. The highest BCUT2D eigenvalue weighted by Gasteiger charge is 2.12. The molecule has 0 spiro atoms. The van der Waals surface area contributed by atoms with Crippen LogP contribution in [0.2, 0.25) is 0 Å². The SMILES string of the molecule is CCC(C)c1ccc(C(N)CC(=O)OC)cc1. The second-order valence-corrected chi connectivity index (χ2v) is 4.36. The Balaban J connectivity index is 2.70. The number of nitrogens with two attached hydrogens (primary N) is 1. The fourth-order valence-electron chi connectivity index (χ4n) is 1.69. The molecule has 0 aliphatic heterocycles. The highest BCUT2D eigenvalue weighted by Crippen LogP contribution is 2.21. The first-order valence-corrected chi connectivity index (χ1v) is 6.00. The van der Waals surface area contributed by atoms with Crippen LogP contribution < -0.4 is 5.73 Å².